The van der Waals surface area contributed by atoms with E-state index in [4.69, 9.17) is 9.47 Å². The second-order valence-corrected chi connectivity index (χ2v) is 7.78. The summed E-state index contributed by atoms with van der Waals surface area (Å²) in [6.07, 6.45) is 0. The molecule has 0 atom stereocenters. The molecule has 2 N–H and O–H groups in total. The standard InChI is InChI=1S/C26H31N3O3/c1-29(2)19-22-9-6-8-21(16-22)18-27-26(30)28-24-11-7-10-23(17-24)20-31-14-15-32-25-12-4-3-5-13-25/h3-13,16-17H,14-15,18-20H2,1-2H3,(H2,27,28,30). The number of para-hydroxylation sites is 1. The van der Waals surface area contributed by atoms with E-state index in [1.54, 1.807) is 0 Å². The van der Waals surface area contributed by atoms with Gasteiger partial charge in [0.15, 0.2) is 0 Å². The Morgan fingerprint density at radius 1 is 0.844 bits per heavy atom. The summed E-state index contributed by atoms with van der Waals surface area (Å²) >= 11 is 0. The van der Waals surface area contributed by atoms with E-state index in [9.17, 15) is 4.79 Å². The van der Waals surface area contributed by atoms with Gasteiger partial charge in [-0.25, -0.2) is 4.79 Å². The Bertz CT molecular complexity index is 977. The summed E-state index contributed by atoms with van der Waals surface area (Å²) < 4.78 is 11.3. The molecule has 0 saturated carbocycles. The molecule has 0 aromatic heterocycles. The van der Waals surface area contributed by atoms with Crippen LogP contribution in [0.2, 0.25) is 0 Å². The molecule has 0 heterocycles. The zero-order valence-electron chi connectivity index (χ0n) is 18.7. The first-order valence-electron chi connectivity index (χ1n) is 10.7. The summed E-state index contributed by atoms with van der Waals surface area (Å²) in [4.78, 5) is 14.4. The summed E-state index contributed by atoms with van der Waals surface area (Å²) in [5.41, 5.74) is 4.00. The van der Waals surface area contributed by atoms with Crippen LogP contribution in [-0.4, -0.2) is 38.2 Å². The second kappa shape index (κ2) is 12.5. The molecular weight excluding hydrogens is 402 g/mol. The van der Waals surface area contributed by atoms with Crippen LogP contribution < -0.4 is 15.4 Å². The molecule has 0 bridgehead atoms. The fraction of sp³-hybridized carbons (Fsp3) is 0.269. The lowest BCUT2D eigenvalue weighted by molar-refractivity contribution is 0.0889. The number of anilines is 1. The molecule has 3 rings (SSSR count). The van der Waals surface area contributed by atoms with E-state index in [1.807, 2.05) is 80.8 Å². The van der Waals surface area contributed by atoms with Gasteiger partial charge in [0.2, 0.25) is 0 Å². The van der Waals surface area contributed by atoms with Crippen molar-refractivity contribution in [3.8, 4) is 5.75 Å². The van der Waals surface area contributed by atoms with Gasteiger partial charge in [-0.05, 0) is 55.1 Å². The fourth-order valence-corrected chi connectivity index (χ4v) is 3.22. The molecule has 0 unspecified atom stereocenters. The van der Waals surface area contributed by atoms with Crippen molar-refractivity contribution < 1.29 is 14.3 Å². The van der Waals surface area contributed by atoms with E-state index in [-0.39, 0.29) is 6.03 Å². The molecule has 168 valence electrons. The third-order valence-electron chi connectivity index (χ3n) is 4.64. The average molecular weight is 434 g/mol. The highest BCUT2D eigenvalue weighted by Crippen LogP contribution is 2.13. The van der Waals surface area contributed by atoms with Crippen LogP contribution in [0.4, 0.5) is 10.5 Å². The summed E-state index contributed by atoms with van der Waals surface area (Å²) in [6.45, 7) is 2.76. The van der Waals surface area contributed by atoms with Crippen LogP contribution in [0.15, 0.2) is 78.9 Å². The second-order valence-electron chi connectivity index (χ2n) is 7.78. The molecule has 3 aromatic rings. The first kappa shape index (κ1) is 23.3. The average Bonchev–Trinajstić information content (AvgIpc) is 2.78. The number of hydrogen-bond acceptors (Lipinski definition) is 4. The number of ether oxygens (including phenoxy) is 2. The van der Waals surface area contributed by atoms with Gasteiger partial charge in [0.1, 0.15) is 12.4 Å². The molecule has 0 aliphatic heterocycles. The van der Waals surface area contributed by atoms with Gasteiger partial charge in [0, 0.05) is 18.8 Å². The minimum atomic E-state index is -0.239. The highest BCUT2D eigenvalue weighted by Gasteiger charge is 2.04. The Labute approximate surface area is 190 Å². The number of amides is 2. The van der Waals surface area contributed by atoms with Gasteiger partial charge in [-0.15, -0.1) is 0 Å². The SMILES string of the molecule is CN(C)Cc1cccc(CNC(=O)Nc2cccc(COCCOc3ccccc3)c2)c1. The van der Waals surface area contributed by atoms with E-state index in [0.29, 0.717) is 26.4 Å². The number of hydrogen-bond donors (Lipinski definition) is 2. The highest BCUT2D eigenvalue weighted by molar-refractivity contribution is 5.89. The molecule has 0 saturated heterocycles. The number of nitrogens with one attached hydrogen (secondary N) is 2. The lowest BCUT2D eigenvalue weighted by Gasteiger charge is -2.12. The van der Waals surface area contributed by atoms with Gasteiger partial charge in [0.25, 0.3) is 0 Å². The molecule has 6 heteroatoms. The van der Waals surface area contributed by atoms with Crippen LogP contribution in [0.5, 0.6) is 5.75 Å². The Morgan fingerprint density at radius 3 is 2.41 bits per heavy atom. The van der Waals surface area contributed by atoms with Crippen molar-refractivity contribution in [1.82, 2.24) is 10.2 Å². The molecule has 0 fully saturated rings. The minimum Gasteiger partial charge on any atom is -0.491 e. The van der Waals surface area contributed by atoms with Crippen LogP contribution in [0.3, 0.4) is 0 Å². The molecule has 32 heavy (non-hydrogen) atoms. The number of urea groups is 1. The van der Waals surface area contributed by atoms with Crippen molar-refractivity contribution >= 4 is 11.7 Å². The van der Waals surface area contributed by atoms with Gasteiger partial charge in [-0.3, -0.25) is 0 Å². The lowest BCUT2D eigenvalue weighted by Crippen LogP contribution is -2.28. The van der Waals surface area contributed by atoms with E-state index in [0.717, 1.165) is 29.1 Å². The third kappa shape index (κ3) is 8.41. The number of rotatable bonds is 11. The van der Waals surface area contributed by atoms with Crippen LogP contribution in [0, 0.1) is 0 Å². The van der Waals surface area contributed by atoms with Gasteiger partial charge < -0.3 is 25.0 Å². The van der Waals surface area contributed by atoms with Crippen molar-refractivity contribution in [2.75, 3.05) is 32.6 Å². The molecule has 0 radical (unpaired) electrons. The normalized spacial score (nSPS) is 10.7. The smallest absolute Gasteiger partial charge is 0.319 e. The van der Waals surface area contributed by atoms with Crippen LogP contribution in [-0.2, 0) is 24.4 Å². The van der Waals surface area contributed by atoms with E-state index >= 15 is 0 Å². The molecule has 0 aliphatic rings. The van der Waals surface area contributed by atoms with Crippen LogP contribution in [0.1, 0.15) is 16.7 Å². The maximum absolute atomic E-state index is 12.3. The maximum Gasteiger partial charge on any atom is 0.319 e. The summed E-state index contributed by atoms with van der Waals surface area (Å²) in [5.74, 6) is 0.831. The molecule has 0 aliphatic carbocycles. The largest absolute Gasteiger partial charge is 0.491 e. The van der Waals surface area contributed by atoms with Crippen molar-refractivity contribution in [3.63, 3.8) is 0 Å². The predicted octanol–water partition coefficient (Wildman–Crippen LogP) is 4.67. The zero-order chi connectivity index (χ0) is 22.6. The molecule has 0 spiro atoms. The minimum absolute atomic E-state index is 0.239. The highest BCUT2D eigenvalue weighted by atomic mass is 16.5. The van der Waals surface area contributed by atoms with Crippen LogP contribution >= 0.6 is 0 Å². The maximum atomic E-state index is 12.3. The molecule has 3 aromatic carbocycles. The number of carbonyl (C=O) groups is 1. The summed E-state index contributed by atoms with van der Waals surface area (Å²) in [6, 6.07) is 25.3. The van der Waals surface area contributed by atoms with E-state index in [2.05, 4.69) is 27.7 Å². The van der Waals surface area contributed by atoms with Crippen molar-refractivity contribution in [2.45, 2.75) is 19.7 Å². The van der Waals surface area contributed by atoms with Gasteiger partial charge in [-0.1, -0.05) is 54.6 Å². The molecule has 2 amide bonds. The van der Waals surface area contributed by atoms with Gasteiger partial charge in [0.05, 0.1) is 13.2 Å². The molecular formula is C26H31N3O3. The third-order valence-corrected chi connectivity index (χ3v) is 4.64. The first-order chi connectivity index (χ1) is 15.6. The Kier molecular flexibility index (Phi) is 9.10. The Hall–Kier alpha value is -3.35. The van der Waals surface area contributed by atoms with Crippen LogP contribution in [0.25, 0.3) is 0 Å². The van der Waals surface area contributed by atoms with Crippen molar-refractivity contribution in [1.29, 1.82) is 0 Å². The quantitative estimate of drug-likeness (QED) is 0.432. The number of carbonyl (C=O) groups excluding carboxylic acids is 1. The number of benzene rings is 3. The monoisotopic (exact) mass is 433 g/mol. The van der Waals surface area contributed by atoms with E-state index < -0.39 is 0 Å². The fourth-order valence-electron chi connectivity index (χ4n) is 3.22. The zero-order valence-corrected chi connectivity index (χ0v) is 18.7. The topological polar surface area (TPSA) is 62.8 Å². The van der Waals surface area contributed by atoms with E-state index in [1.165, 1.54) is 5.56 Å². The summed E-state index contributed by atoms with van der Waals surface area (Å²) in [7, 11) is 4.08. The van der Waals surface area contributed by atoms with Crippen molar-refractivity contribution in [2.24, 2.45) is 0 Å². The first-order valence-corrected chi connectivity index (χ1v) is 10.7. The Morgan fingerprint density at radius 2 is 1.59 bits per heavy atom. The molecule has 6 nitrogen and oxygen atoms in total. The Balaban J connectivity index is 1.39. The summed E-state index contributed by atoms with van der Waals surface area (Å²) in [5, 5.41) is 5.80. The lowest BCUT2D eigenvalue weighted by atomic mass is 10.1. The van der Waals surface area contributed by atoms with Crippen molar-refractivity contribution in [3.05, 3.63) is 95.6 Å². The van der Waals surface area contributed by atoms with Gasteiger partial charge in [-0.2, -0.15) is 0 Å². The predicted molar refractivity (Wildman–Crippen MR) is 128 cm³/mol. The number of nitrogens with zero attached hydrogens (tertiary/aromatic N) is 1. The van der Waals surface area contributed by atoms with Gasteiger partial charge >= 0.3 is 6.03 Å².